The summed E-state index contributed by atoms with van der Waals surface area (Å²) in [6.07, 6.45) is -5.11. The van der Waals surface area contributed by atoms with Crippen molar-refractivity contribution in [3.8, 4) is 0 Å². The van der Waals surface area contributed by atoms with E-state index in [1.54, 1.807) is 0 Å². The number of hydrogen-bond acceptors (Lipinski definition) is 3. The first-order valence-electron chi connectivity index (χ1n) is 3.50. The lowest BCUT2D eigenvalue weighted by Crippen LogP contribution is -2.25. The molecule has 0 amide bonds. The summed E-state index contributed by atoms with van der Waals surface area (Å²) in [6, 6.07) is 0. The Labute approximate surface area is 73.2 Å². The van der Waals surface area contributed by atoms with Crippen molar-refractivity contribution < 1.29 is 23.1 Å². The molecule has 13 heavy (non-hydrogen) atoms. The molecule has 0 radical (unpaired) electrons. The summed E-state index contributed by atoms with van der Waals surface area (Å²) < 4.78 is 39.2. The second kappa shape index (κ2) is 4.90. The summed E-state index contributed by atoms with van der Waals surface area (Å²) in [7, 11) is 0. The zero-order valence-corrected chi connectivity index (χ0v) is 7.01. The summed E-state index contributed by atoms with van der Waals surface area (Å²) in [5, 5.41) is 10.7. The normalized spacial score (nSPS) is 15.8. The molecule has 0 aliphatic carbocycles. The molecule has 0 saturated heterocycles. The molecule has 0 saturated carbocycles. The van der Waals surface area contributed by atoms with Gasteiger partial charge in [0.1, 0.15) is 12.4 Å². The van der Waals surface area contributed by atoms with Crippen molar-refractivity contribution >= 4 is 5.84 Å². The molecule has 1 unspecified atom stereocenters. The predicted octanol–water partition coefficient (Wildman–Crippen LogP) is 1.09. The van der Waals surface area contributed by atoms with Crippen LogP contribution >= 0.6 is 0 Å². The van der Waals surface area contributed by atoms with Crippen molar-refractivity contribution in [3.63, 3.8) is 0 Å². The third-order valence-corrected chi connectivity index (χ3v) is 1.16. The first-order chi connectivity index (χ1) is 5.85. The highest BCUT2D eigenvalue weighted by molar-refractivity contribution is 5.79. The number of rotatable bonds is 4. The predicted molar refractivity (Wildman–Crippen MR) is 39.5 cm³/mol. The van der Waals surface area contributed by atoms with Crippen molar-refractivity contribution in [2.45, 2.75) is 25.6 Å². The molecular formula is C6H11F3N2O2. The molecule has 0 aromatic heterocycles. The third kappa shape index (κ3) is 7.38. The SMILES string of the molecule is CC(CC(N)=NO)OCC(F)(F)F. The standard InChI is InChI=1S/C6H11F3N2O2/c1-4(2-5(10)11-12)13-3-6(7,8)9/h4,12H,2-3H2,1H3,(H2,10,11). The second-order valence-corrected chi connectivity index (χ2v) is 2.53. The van der Waals surface area contributed by atoms with Crippen LogP contribution in [0.5, 0.6) is 0 Å². The lowest BCUT2D eigenvalue weighted by molar-refractivity contribution is -0.182. The molecule has 0 fully saturated rings. The summed E-state index contributed by atoms with van der Waals surface area (Å²) in [6.45, 7) is 0.0800. The van der Waals surface area contributed by atoms with Gasteiger partial charge in [0.15, 0.2) is 0 Å². The largest absolute Gasteiger partial charge is 0.411 e. The van der Waals surface area contributed by atoms with Gasteiger partial charge in [-0.1, -0.05) is 5.16 Å². The Morgan fingerprint density at radius 2 is 2.15 bits per heavy atom. The van der Waals surface area contributed by atoms with Gasteiger partial charge in [-0.3, -0.25) is 0 Å². The van der Waals surface area contributed by atoms with Gasteiger partial charge in [0.05, 0.1) is 6.10 Å². The van der Waals surface area contributed by atoms with Crippen LogP contribution in [-0.2, 0) is 4.74 Å². The zero-order chi connectivity index (χ0) is 10.5. The molecule has 0 aromatic carbocycles. The molecule has 0 heterocycles. The van der Waals surface area contributed by atoms with Crippen LogP contribution in [0, 0.1) is 0 Å². The highest BCUT2D eigenvalue weighted by atomic mass is 19.4. The van der Waals surface area contributed by atoms with Gasteiger partial charge in [-0.25, -0.2) is 0 Å². The van der Waals surface area contributed by atoms with Crippen LogP contribution < -0.4 is 5.73 Å². The minimum Gasteiger partial charge on any atom is -0.409 e. The quantitative estimate of drug-likeness (QED) is 0.309. The monoisotopic (exact) mass is 200 g/mol. The van der Waals surface area contributed by atoms with E-state index in [0.717, 1.165) is 0 Å². The van der Waals surface area contributed by atoms with E-state index in [-0.39, 0.29) is 12.3 Å². The van der Waals surface area contributed by atoms with Gasteiger partial charge in [-0.05, 0) is 6.92 Å². The van der Waals surface area contributed by atoms with Crippen LogP contribution in [0.25, 0.3) is 0 Å². The summed E-state index contributed by atoms with van der Waals surface area (Å²) in [5.41, 5.74) is 5.05. The fraction of sp³-hybridized carbons (Fsp3) is 0.833. The van der Waals surface area contributed by atoms with Crippen LogP contribution in [0.1, 0.15) is 13.3 Å². The number of amidine groups is 1. The summed E-state index contributed by atoms with van der Waals surface area (Å²) in [5.74, 6) is -0.158. The number of alkyl halides is 3. The van der Waals surface area contributed by atoms with E-state index in [1.807, 2.05) is 0 Å². The molecule has 1 atom stereocenters. The Bertz CT molecular complexity index is 181. The van der Waals surface area contributed by atoms with E-state index >= 15 is 0 Å². The smallest absolute Gasteiger partial charge is 0.409 e. The van der Waals surface area contributed by atoms with Crippen molar-refractivity contribution in [1.29, 1.82) is 0 Å². The highest BCUT2D eigenvalue weighted by Crippen LogP contribution is 2.15. The zero-order valence-electron chi connectivity index (χ0n) is 7.01. The van der Waals surface area contributed by atoms with Gasteiger partial charge >= 0.3 is 6.18 Å². The van der Waals surface area contributed by atoms with E-state index in [1.165, 1.54) is 6.92 Å². The van der Waals surface area contributed by atoms with Crippen molar-refractivity contribution in [3.05, 3.63) is 0 Å². The van der Waals surface area contributed by atoms with Gasteiger partial charge < -0.3 is 15.7 Å². The van der Waals surface area contributed by atoms with E-state index in [0.29, 0.717) is 0 Å². The van der Waals surface area contributed by atoms with Gasteiger partial charge in [-0.2, -0.15) is 13.2 Å². The fourth-order valence-corrected chi connectivity index (χ4v) is 0.631. The Morgan fingerprint density at radius 3 is 2.54 bits per heavy atom. The summed E-state index contributed by atoms with van der Waals surface area (Å²) >= 11 is 0. The van der Waals surface area contributed by atoms with Crippen molar-refractivity contribution in [2.24, 2.45) is 10.9 Å². The number of nitrogens with zero attached hydrogens (tertiary/aromatic N) is 1. The lowest BCUT2D eigenvalue weighted by Gasteiger charge is -2.13. The molecule has 7 heteroatoms. The van der Waals surface area contributed by atoms with Crippen LogP contribution in [0.3, 0.4) is 0 Å². The highest BCUT2D eigenvalue weighted by Gasteiger charge is 2.28. The average Bonchev–Trinajstić information content (AvgIpc) is 1.99. The molecule has 0 rings (SSSR count). The molecule has 0 aliphatic rings. The Balaban J connectivity index is 3.70. The molecule has 3 N–H and O–H groups in total. The van der Waals surface area contributed by atoms with Gasteiger partial charge in [0.2, 0.25) is 0 Å². The first-order valence-corrected chi connectivity index (χ1v) is 3.50. The Morgan fingerprint density at radius 1 is 1.62 bits per heavy atom. The van der Waals surface area contributed by atoms with E-state index < -0.39 is 18.9 Å². The molecule has 0 bridgehead atoms. The van der Waals surface area contributed by atoms with Crippen LogP contribution in [0.2, 0.25) is 0 Å². The minimum atomic E-state index is -4.35. The molecule has 78 valence electrons. The third-order valence-electron chi connectivity index (χ3n) is 1.16. The topological polar surface area (TPSA) is 67.8 Å². The maximum atomic E-state index is 11.6. The first kappa shape index (κ1) is 12.0. The molecular weight excluding hydrogens is 189 g/mol. The van der Waals surface area contributed by atoms with Crippen molar-refractivity contribution in [2.75, 3.05) is 6.61 Å². The number of oxime groups is 1. The van der Waals surface area contributed by atoms with Crippen molar-refractivity contribution in [1.82, 2.24) is 0 Å². The Hall–Kier alpha value is -0.980. The van der Waals surface area contributed by atoms with Gasteiger partial charge in [0, 0.05) is 6.42 Å². The number of halogens is 3. The van der Waals surface area contributed by atoms with Crippen LogP contribution in [0.4, 0.5) is 13.2 Å². The maximum Gasteiger partial charge on any atom is 0.411 e. The van der Waals surface area contributed by atoms with E-state index in [2.05, 4.69) is 9.89 Å². The Kier molecular flexibility index (Phi) is 4.53. The summed E-state index contributed by atoms with van der Waals surface area (Å²) in [4.78, 5) is 0. The second-order valence-electron chi connectivity index (χ2n) is 2.53. The molecule has 0 aliphatic heterocycles. The van der Waals surface area contributed by atoms with E-state index in [9.17, 15) is 13.2 Å². The molecule has 0 aromatic rings. The fourth-order valence-electron chi connectivity index (χ4n) is 0.631. The van der Waals surface area contributed by atoms with Crippen LogP contribution in [0.15, 0.2) is 5.16 Å². The molecule has 0 spiro atoms. The van der Waals surface area contributed by atoms with E-state index in [4.69, 9.17) is 10.9 Å². The van der Waals surface area contributed by atoms with Gasteiger partial charge in [-0.15, -0.1) is 0 Å². The number of ether oxygens (including phenoxy) is 1. The number of hydrogen-bond donors (Lipinski definition) is 2. The lowest BCUT2D eigenvalue weighted by atomic mass is 10.3. The van der Waals surface area contributed by atoms with Crippen LogP contribution in [-0.4, -0.2) is 29.9 Å². The minimum absolute atomic E-state index is 0.0351. The number of nitrogens with two attached hydrogens (primary N) is 1. The van der Waals surface area contributed by atoms with Gasteiger partial charge in [0.25, 0.3) is 0 Å². The average molecular weight is 200 g/mol. The maximum absolute atomic E-state index is 11.6. The molecule has 4 nitrogen and oxygen atoms in total.